The Hall–Kier alpha value is -2.67. The summed E-state index contributed by atoms with van der Waals surface area (Å²) in [5, 5.41) is 3.89. The normalized spacial score (nSPS) is 14.8. The first-order valence-corrected chi connectivity index (χ1v) is 10.7. The standard InChI is InChI=1S/C23H25BrN2O4/c1-28-18-12-19(29-2)21(30-3)20-16(18)11-17(26-20)22(27)25-13-23(8-5-9-23)14-6-4-7-15(24)10-14/h4,6-7,10-12,26H,5,8-9,13H2,1-3H3,(H,25,27). The third-order valence-corrected chi connectivity index (χ3v) is 6.51. The van der Waals surface area contributed by atoms with Crippen molar-refractivity contribution in [2.45, 2.75) is 24.7 Å². The molecule has 1 saturated carbocycles. The number of benzene rings is 2. The van der Waals surface area contributed by atoms with Gasteiger partial charge in [0.05, 0.1) is 26.8 Å². The minimum atomic E-state index is -0.157. The van der Waals surface area contributed by atoms with E-state index in [0.717, 1.165) is 22.7 Å². The van der Waals surface area contributed by atoms with E-state index in [2.05, 4.69) is 38.4 Å². The number of aromatic nitrogens is 1. The second-order valence-electron chi connectivity index (χ2n) is 7.61. The third-order valence-electron chi connectivity index (χ3n) is 6.02. The molecule has 0 aliphatic heterocycles. The fourth-order valence-electron chi connectivity index (χ4n) is 4.19. The van der Waals surface area contributed by atoms with E-state index in [0.29, 0.717) is 35.0 Å². The molecule has 2 aromatic carbocycles. The van der Waals surface area contributed by atoms with Crippen LogP contribution in [0.4, 0.5) is 0 Å². The fraction of sp³-hybridized carbons (Fsp3) is 0.348. The molecule has 3 aromatic rings. The van der Waals surface area contributed by atoms with Gasteiger partial charge in [0.1, 0.15) is 11.4 Å². The van der Waals surface area contributed by atoms with Crippen molar-refractivity contribution in [3.8, 4) is 17.2 Å². The summed E-state index contributed by atoms with van der Waals surface area (Å²) in [6, 6.07) is 11.9. The van der Waals surface area contributed by atoms with Crippen LogP contribution in [0.2, 0.25) is 0 Å². The van der Waals surface area contributed by atoms with E-state index in [1.165, 1.54) is 12.0 Å². The first-order valence-electron chi connectivity index (χ1n) is 9.87. The number of methoxy groups -OCH3 is 3. The van der Waals surface area contributed by atoms with Crippen LogP contribution in [-0.2, 0) is 5.41 Å². The molecule has 1 heterocycles. The molecule has 0 atom stereocenters. The molecule has 0 unspecified atom stereocenters. The Balaban J connectivity index is 1.60. The molecule has 1 fully saturated rings. The SMILES string of the molecule is COc1cc(OC)c2cc(C(=O)NCC3(c4cccc(Br)c4)CCC3)[nH]c2c1OC. The lowest BCUT2D eigenvalue weighted by atomic mass is 9.64. The number of nitrogens with one attached hydrogen (secondary N) is 2. The summed E-state index contributed by atoms with van der Waals surface area (Å²) in [4.78, 5) is 16.2. The predicted octanol–water partition coefficient (Wildman–Crippen LogP) is 4.81. The van der Waals surface area contributed by atoms with Crippen molar-refractivity contribution in [1.29, 1.82) is 0 Å². The van der Waals surface area contributed by atoms with E-state index in [4.69, 9.17) is 14.2 Å². The smallest absolute Gasteiger partial charge is 0.267 e. The van der Waals surface area contributed by atoms with Crippen molar-refractivity contribution in [2.75, 3.05) is 27.9 Å². The van der Waals surface area contributed by atoms with Gasteiger partial charge in [0.2, 0.25) is 0 Å². The molecule has 30 heavy (non-hydrogen) atoms. The average Bonchev–Trinajstić information content (AvgIpc) is 3.17. The van der Waals surface area contributed by atoms with Gasteiger partial charge in [0, 0.05) is 27.9 Å². The summed E-state index contributed by atoms with van der Waals surface area (Å²) in [5.41, 5.74) is 2.38. The second kappa shape index (κ2) is 8.22. The molecule has 0 bridgehead atoms. The molecule has 1 aliphatic rings. The molecule has 0 spiro atoms. The van der Waals surface area contributed by atoms with Crippen LogP contribution in [0.25, 0.3) is 10.9 Å². The summed E-state index contributed by atoms with van der Waals surface area (Å²) in [6.45, 7) is 0.593. The molecule has 1 aliphatic carbocycles. The van der Waals surface area contributed by atoms with E-state index >= 15 is 0 Å². The minimum Gasteiger partial charge on any atom is -0.496 e. The van der Waals surface area contributed by atoms with Gasteiger partial charge >= 0.3 is 0 Å². The van der Waals surface area contributed by atoms with E-state index in [-0.39, 0.29) is 11.3 Å². The molecule has 7 heteroatoms. The predicted molar refractivity (Wildman–Crippen MR) is 120 cm³/mol. The van der Waals surface area contributed by atoms with Crippen LogP contribution in [0, 0.1) is 0 Å². The Morgan fingerprint density at radius 3 is 2.47 bits per heavy atom. The van der Waals surface area contributed by atoms with Crippen LogP contribution in [0.5, 0.6) is 17.2 Å². The van der Waals surface area contributed by atoms with Crippen LogP contribution in [0.3, 0.4) is 0 Å². The van der Waals surface area contributed by atoms with Gasteiger partial charge in [-0.15, -0.1) is 0 Å². The highest BCUT2D eigenvalue weighted by atomic mass is 79.9. The number of carbonyl (C=O) groups is 1. The highest BCUT2D eigenvalue weighted by Crippen LogP contribution is 2.44. The second-order valence-corrected chi connectivity index (χ2v) is 8.53. The lowest BCUT2D eigenvalue weighted by Gasteiger charge is -2.42. The van der Waals surface area contributed by atoms with Gasteiger partial charge in [-0.2, -0.15) is 0 Å². The van der Waals surface area contributed by atoms with Crippen molar-refractivity contribution in [3.63, 3.8) is 0 Å². The number of amides is 1. The van der Waals surface area contributed by atoms with Gasteiger partial charge in [0.15, 0.2) is 11.5 Å². The zero-order chi connectivity index (χ0) is 21.3. The summed E-state index contributed by atoms with van der Waals surface area (Å²) in [7, 11) is 4.73. The van der Waals surface area contributed by atoms with Crippen molar-refractivity contribution >= 4 is 32.7 Å². The Morgan fingerprint density at radius 2 is 1.87 bits per heavy atom. The molecule has 1 aromatic heterocycles. The Bertz CT molecular complexity index is 1090. The lowest BCUT2D eigenvalue weighted by Crippen LogP contribution is -2.45. The monoisotopic (exact) mass is 472 g/mol. The van der Waals surface area contributed by atoms with Gasteiger partial charge in [-0.1, -0.05) is 34.5 Å². The van der Waals surface area contributed by atoms with Crippen LogP contribution in [-0.4, -0.2) is 38.8 Å². The highest BCUT2D eigenvalue weighted by molar-refractivity contribution is 9.10. The molecule has 1 amide bonds. The maximum Gasteiger partial charge on any atom is 0.267 e. The average molecular weight is 473 g/mol. The van der Waals surface area contributed by atoms with Crippen LogP contribution in [0.15, 0.2) is 40.9 Å². The Labute approximate surface area is 184 Å². The number of hydrogen-bond acceptors (Lipinski definition) is 4. The number of carbonyl (C=O) groups excluding carboxylic acids is 1. The van der Waals surface area contributed by atoms with Crippen molar-refractivity contribution in [1.82, 2.24) is 10.3 Å². The summed E-state index contributed by atoms with van der Waals surface area (Å²) < 4.78 is 17.4. The molecule has 2 N–H and O–H groups in total. The molecule has 6 nitrogen and oxygen atoms in total. The van der Waals surface area contributed by atoms with E-state index in [1.54, 1.807) is 33.5 Å². The van der Waals surface area contributed by atoms with Crippen molar-refractivity contribution in [2.24, 2.45) is 0 Å². The van der Waals surface area contributed by atoms with E-state index in [1.807, 2.05) is 12.1 Å². The van der Waals surface area contributed by atoms with Gasteiger partial charge in [0.25, 0.3) is 5.91 Å². The van der Waals surface area contributed by atoms with Crippen LogP contribution in [0.1, 0.15) is 35.3 Å². The molecular formula is C23H25BrN2O4. The lowest BCUT2D eigenvalue weighted by molar-refractivity contribution is 0.0923. The molecule has 0 saturated heterocycles. The molecular weight excluding hydrogens is 448 g/mol. The first kappa shape index (κ1) is 20.6. The number of H-pyrrole nitrogens is 1. The van der Waals surface area contributed by atoms with E-state index in [9.17, 15) is 4.79 Å². The molecule has 4 rings (SSSR count). The van der Waals surface area contributed by atoms with Gasteiger partial charge in [-0.3, -0.25) is 4.79 Å². The summed E-state index contributed by atoms with van der Waals surface area (Å²) >= 11 is 3.56. The van der Waals surface area contributed by atoms with Gasteiger partial charge in [-0.05, 0) is 36.6 Å². The van der Waals surface area contributed by atoms with Crippen LogP contribution >= 0.6 is 15.9 Å². The maximum atomic E-state index is 13.0. The largest absolute Gasteiger partial charge is 0.496 e. The zero-order valence-electron chi connectivity index (χ0n) is 17.3. The number of aromatic amines is 1. The number of ether oxygens (including phenoxy) is 3. The fourth-order valence-corrected chi connectivity index (χ4v) is 4.59. The van der Waals surface area contributed by atoms with Crippen molar-refractivity contribution in [3.05, 3.63) is 52.1 Å². The third kappa shape index (κ3) is 3.51. The topological polar surface area (TPSA) is 72.6 Å². The number of hydrogen-bond donors (Lipinski definition) is 2. The maximum absolute atomic E-state index is 13.0. The van der Waals surface area contributed by atoms with E-state index < -0.39 is 0 Å². The van der Waals surface area contributed by atoms with Crippen molar-refractivity contribution < 1.29 is 19.0 Å². The van der Waals surface area contributed by atoms with Gasteiger partial charge in [-0.25, -0.2) is 0 Å². The number of fused-ring (bicyclic) bond motifs is 1. The quantitative estimate of drug-likeness (QED) is 0.517. The summed E-state index contributed by atoms with van der Waals surface area (Å²) in [5.74, 6) is 1.54. The zero-order valence-corrected chi connectivity index (χ0v) is 18.9. The highest BCUT2D eigenvalue weighted by Gasteiger charge is 2.39. The van der Waals surface area contributed by atoms with Gasteiger partial charge < -0.3 is 24.5 Å². The number of rotatable bonds is 7. The Morgan fingerprint density at radius 1 is 1.10 bits per heavy atom. The summed E-state index contributed by atoms with van der Waals surface area (Å²) in [6.07, 6.45) is 3.30. The Kier molecular flexibility index (Phi) is 5.64. The van der Waals surface area contributed by atoms with Crippen LogP contribution < -0.4 is 19.5 Å². The first-order chi connectivity index (χ1) is 14.5. The molecule has 0 radical (unpaired) electrons. The number of halogens is 1. The molecule has 158 valence electrons. The minimum absolute atomic E-state index is 0.00987.